The lowest BCUT2D eigenvalue weighted by atomic mass is 10.1. The van der Waals surface area contributed by atoms with Crippen LogP contribution in [0.15, 0.2) is 12.4 Å². The lowest BCUT2D eigenvalue weighted by Crippen LogP contribution is -2.34. The number of hydrogen-bond acceptors (Lipinski definition) is 4. The minimum absolute atomic E-state index is 0.195. The van der Waals surface area contributed by atoms with Crippen molar-refractivity contribution >= 4 is 0 Å². The smallest absolute Gasteiger partial charge is 0.0692 e. The number of nitrogens with one attached hydrogen (secondary N) is 1. The molecule has 1 aliphatic rings. The molecule has 0 amide bonds. The van der Waals surface area contributed by atoms with E-state index in [4.69, 9.17) is 5.26 Å². The summed E-state index contributed by atoms with van der Waals surface area (Å²) in [5.41, 5.74) is 0. The van der Waals surface area contributed by atoms with Crippen LogP contribution in [0.1, 0.15) is 19.3 Å². The average molecular weight is 205 g/mol. The van der Waals surface area contributed by atoms with E-state index < -0.39 is 0 Å². The van der Waals surface area contributed by atoms with Crippen molar-refractivity contribution in [1.29, 1.82) is 5.26 Å². The Morgan fingerprint density at radius 3 is 3.20 bits per heavy atom. The Balaban J connectivity index is 1.72. The van der Waals surface area contributed by atoms with Gasteiger partial charge < -0.3 is 5.32 Å². The lowest BCUT2D eigenvalue weighted by molar-refractivity contribution is 0.437. The highest BCUT2D eigenvalue weighted by Gasteiger charge is 2.26. The summed E-state index contributed by atoms with van der Waals surface area (Å²) in [6, 6.07) is 2.73. The van der Waals surface area contributed by atoms with Crippen molar-refractivity contribution in [3.8, 4) is 6.07 Å². The number of nitriles is 1. The van der Waals surface area contributed by atoms with E-state index in [1.54, 1.807) is 10.9 Å². The van der Waals surface area contributed by atoms with Crippen molar-refractivity contribution in [3.05, 3.63) is 12.4 Å². The Hall–Kier alpha value is -1.41. The summed E-state index contributed by atoms with van der Waals surface area (Å²) in [5.74, 6) is 0.195. The van der Waals surface area contributed by atoms with Gasteiger partial charge in [-0.05, 0) is 12.8 Å². The first-order chi connectivity index (χ1) is 7.40. The highest BCUT2D eigenvalue weighted by Crippen LogP contribution is 2.24. The van der Waals surface area contributed by atoms with Crippen LogP contribution in [0, 0.1) is 17.2 Å². The van der Waals surface area contributed by atoms with Gasteiger partial charge in [0.15, 0.2) is 0 Å². The lowest BCUT2D eigenvalue weighted by Gasteiger charge is -2.14. The van der Waals surface area contributed by atoms with Crippen molar-refractivity contribution in [1.82, 2.24) is 20.3 Å². The summed E-state index contributed by atoms with van der Waals surface area (Å²) < 4.78 is 1.79. The van der Waals surface area contributed by atoms with Crippen LogP contribution in [0.4, 0.5) is 0 Å². The molecule has 2 unspecified atom stereocenters. The van der Waals surface area contributed by atoms with Gasteiger partial charge in [0.2, 0.25) is 0 Å². The van der Waals surface area contributed by atoms with E-state index in [0.29, 0.717) is 6.04 Å². The summed E-state index contributed by atoms with van der Waals surface area (Å²) >= 11 is 0. The van der Waals surface area contributed by atoms with Crippen molar-refractivity contribution in [2.75, 3.05) is 6.54 Å². The number of aromatic nitrogens is 3. The highest BCUT2D eigenvalue weighted by atomic mass is 15.4. The first-order valence-electron chi connectivity index (χ1n) is 5.37. The summed E-state index contributed by atoms with van der Waals surface area (Å²) in [6.45, 7) is 1.67. The van der Waals surface area contributed by atoms with E-state index in [0.717, 1.165) is 25.9 Å². The normalized spacial score (nSPS) is 25.3. The summed E-state index contributed by atoms with van der Waals surface area (Å²) in [7, 11) is 0. The Kier molecular flexibility index (Phi) is 3.30. The van der Waals surface area contributed by atoms with E-state index >= 15 is 0 Å². The second-order valence-corrected chi connectivity index (χ2v) is 3.89. The third-order valence-electron chi connectivity index (χ3n) is 2.90. The molecule has 1 aromatic heterocycles. The van der Waals surface area contributed by atoms with Gasteiger partial charge in [0.05, 0.1) is 24.7 Å². The molecule has 1 aromatic rings. The van der Waals surface area contributed by atoms with Crippen molar-refractivity contribution < 1.29 is 0 Å². The maximum atomic E-state index is 8.90. The van der Waals surface area contributed by atoms with Gasteiger partial charge >= 0.3 is 0 Å². The Morgan fingerprint density at radius 2 is 2.47 bits per heavy atom. The maximum Gasteiger partial charge on any atom is 0.0692 e. The van der Waals surface area contributed by atoms with Crippen LogP contribution < -0.4 is 5.32 Å². The van der Waals surface area contributed by atoms with Gasteiger partial charge in [-0.2, -0.15) is 5.26 Å². The molecule has 0 bridgehead atoms. The molecule has 1 heterocycles. The Bertz CT molecular complexity index is 326. The van der Waals surface area contributed by atoms with Crippen LogP contribution in [-0.4, -0.2) is 27.6 Å². The van der Waals surface area contributed by atoms with Gasteiger partial charge in [-0.15, -0.1) is 5.10 Å². The predicted octanol–water partition coefficient (Wildman–Crippen LogP) is 0.560. The molecule has 0 aromatic carbocycles. The molecule has 15 heavy (non-hydrogen) atoms. The standard InChI is InChI=1S/C10H15N5/c11-8-9-2-1-3-10(9)12-4-6-15-7-5-13-14-15/h5,7,9-10,12H,1-4,6H2. The molecule has 1 aliphatic carbocycles. The quantitative estimate of drug-likeness (QED) is 0.780. The van der Waals surface area contributed by atoms with Gasteiger partial charge in [0.25, 0.3) is 0 Å². The van der Waals surface area contributed by atoms with E-state index in [1.807, 2.05) is 6.20 Å². The first kappa shape index (κ1) is 10.1. The molecule has 80 valence electrons. The van der Waals surface area contributed by atoms with Gasteiger partial charge in [-0.1, -0.05) is 11.6 Å². The molecule has 0 spiro atoms. The van der Waals surface area contributed by atoms with Crippen LogP contribution in [0.25, 0.3) is 0 Å². The second-order valence-electron chi connectivity index (χ2n) is 3.89. The van der Waals surface area contributed by atoms with Gasteiger partial charge in [-0.25, -0.2) is 0 Å². The van der Waals surface area contributed by atoms with Crippen LogP contribution >= 0.6 is 0 Å². The topological polar surface area (TPSA) is 66.5 Å². The zero-order valence-corrected chi connectivity index (χ0v) is 8.63. The minimum atomic E-state index is 0.195. The van der Waals surface area contributed by atoms with Crippen LogP contribution in [0.2, 0.25) is 0 Å². The molecule has 0 radical (unpaired) electrons. The molecule has 1 saturated carbocycles. The molecule has 1 N–H and O–H groups in total. The summed E-state index contributed by atoms with van der Waals surface area (Å²) in [6.07, 6.45) is 6.85. The number of nitrogens with zero attached hydrogens (tertiary/aromatic N) is 4. The fourth-order valence-corrected chi connectivity index (χ4v) is 2.08. The third-order valence-corrected chi connectivity index (χ3v) is 2.90. The largest absolute Gasteiger partial charge is 0.311 e. The highest BCUT2D eigenvalue weighted by molar-refractivity contribution is 4.96. The number of rotatable bonds is 4. The molecule has 5 heteroatoms. The van der Waals surface area contributed by atoms with E-state index in [1.165, 1.54) is 6.42 Å². The Labute approximate surface area is 89.1 Å². The van der Waals surface area contributed by atoms with Crippen molar-refractivity contribution in [3.63, 3.8) is 0 Å². The van der Waals surface area contributed by atoms with E-state index in [9.17, 15) is 0 Å². The van der Waals surface area contributed by atoms with Crippen molar-refractivity contribution in [2.24, 2.45) is 5.92 Å². The van der Waals surface area contributed by atoms with Gasteiger partial charge in [0.1, 0.15) is 0 Å². The predicted molar refractivity (Wildman–Crippen MR) is 54.8 cm³/mol. The minimum Gasteiger partial charge on any atom is -0.311 e. The first-order valence-corrected chi connectivity index (χ1v) is 5.37. The van der Waals surface area contributed by atoms with Crippen LogP contribution in [0.5, 0.6) is 0 Å². The zero-order chi connectivity index (χ0) is 10.5. The molecular formula is C10H15N5. The number of hydrogen-bond donors (Lipinski definition) is 1. The Morgan fingerprint density at radius 1 is 1.53 bits per heavy atom. The maximum absolute atomic E-state index is 8.90. The summed E-state index contributed by atoms with van der Waals surface area (Å²) in [4.78, 5) is 0. The monoisotopic (exact) mass is 205 g/mol. The van der Waals surface area contributed by atoms with Crippen LogP contribution in [-0.2, 0) is 6.54 Å². The SMILES string of the molecule is N#CC1CCCC1NCCn1ccnn1. The molecule has 2 rings (SSSR count). The molecular weight excluding hydrogens is 190 g/mol. The van der Waals surface area contributed by atoms with E-state index in [2.05, 4.69) is 21.7 Å². The van der Waals surface area contributed by atoms with E-state index in [-0.39, 0.29) is 5.92 Å². The molecule has 5 nitrogen and oxygen atoms in total. The molecule has 0 saturated heterocycles. The van der Waals surface area contributed by atoms with Crippen LogP contribution in [0.3, 0.4) is 0 Å². The molecule has 1 fully saturated rings. The fourth-order valence-electron chi connectivity index (χ4n) is 2.08. The second kappa shape index (κ2) is 4.89. The fraction of sp³-hybridized carbons (Fsp3) is 0.700. The molecule has 0 aliphatic heterocycles. The van der Waals surface area contributed by atoms with Crippen molar-refractivity contribution in [2.45, 2.75) is 31.8 Å². The third kappa shape index (κ3) is 2.54. The average Bonchev–Trinajstić information content (AvgIpc) is 2.88. The zero-order valence-electron chi connectivity index (χ0n) is 8.63. The molecule has 2 atom stereocenters. The van der Waals surface area contributed by atoms with Gasteiger partial charge in [0, 0.05) is 18.8 Å². The summed E-state index contributed by atoms with van der Waals surface area (Å²) in [5, 5.41) is 19.9. The van der Waals surface area contributed by atoms with Gasteiger partial charge in [-0.3, -0.25) is 4.68 Å².